The van der Waals surface area contributed by atoms with E-state index in [0.29, 0.717) is 43.7 Å². The van der Waals surface area contributed by atoms with Crippen LogP contribution in [0.25, 0.3) is 21.8 Å². The predicted octanol–water partition coefficient (Wildman–Crippen LogP) is 4.21. The van der Waals surface area contributed by atoms with Crippen LogP contribution in [0.15, 0.2) is 42.7 Å². The molecule has 162 valence electrons. The van der Waals surface area contributed by atoms with Crippen molar-refractivity contribution in [2.24, 2.45) is 0 Å². The van der Waals surface area contributed by atoms with E-state index in [1.807, 2.05) is 25.1 Å². The number of aromatic amines is 1. The molecule has 2 aromatic heterocycles. The van der Waals surface area contributed by atoms with Gasteiger partial charge in [0.15, 0.2) is 11.5 Å². The number of nitrogens with zero attached hydrogens (tertiary/aromatic N) is 2. The average molecular weight is 422 g/mol. The molecule has 0 saturated heterocycles. The Labute approximate surface area is 180 Å². The van der Waals surface area contributed by atoms with Gasteiger partial charge in [0.05, 0.1) is 32.4 Å². The summed E-state index contributed by atoms with van der Waals surface area (Å²) in [6.07, 6.45) is 1.54. The van der Waals surface area contributed by atoms with E-state index in [1.165, 1.54) is 6.33 Å². The van der Waals surface area contributed by atoms with Crippen molar-refractivity contribution in [1.29, 1.82) is 0 Å². The fraction of sp³-hybridized carbons (Fsp3) is 0.304. The van der Waals surface area contributed by atoms with E-state index in [1.54, 1.807) is 14.2 Å². The maximum Gasteiger partial charge on any atom is 0.163 e. The molecule has 31 heavy (non-hydrogen) atoms. The van der Waals surface area contributed by atoms with Crippen molar-refractivity contribution in [2.75, 3.05) is 46.0 Å². The number of rotatable bonds is 10. The summed E-state index contributed by atoms with van der Waals surface area (Å²) in [5.41, 5.74) is 3.93. The molecule has 0 aliphatic heterocycles. The van der Waals surface area contributed by atoms with Crippen molar-refractivity contribution in [1.82, 2.24) is 15.0 Å². The van der Waals surface area contributed by atoms with Crippen LogP contribution in [0.1, 0.15) is 5.69 Å². The fourth-order valence-corrected chi connectivity index (χ4v) is 3.38. The SMILES string of the molecule is COCCOCCOc1cc2ncnc(Nc3ccc4[nH]c(C)cc4c3)c2cc1OC. The molecule has 4 aromatic rings. The van der Waals surface area contributed by atoms with E-state index in [-0.39, 0.29) is 0 Å². The van der Waals surface area contributed by atoms with E-state index >= 15 is 0 Å². The van der Waals surface area contributed by atoms with Crippen LogP contribution in [0.4, 0.5) is 11.5 Å². The molecule has 0 radical (unpaired) electrons. The first-order chi connectivity index (χ1) is 15.2. The van der Waals surface area contributed by atoms with E-state index in [9.17, 15) is 0 Å². The second-order valence-electron chi connectivity index (χ2n) is 7.08. The largest absolute Gasteiger partial charge is 0.493 e. The Balaban J connectivity index is 1.55. The summed E-state index contributed by atoms with van der Waals surface area (Å²) in [6.45, 7) is 4.00. The second-order valence-corrected chi connectivity index (χ2v) is 7.08. The van der Waals surface area contributed by atoms with Crippen molar-refractivity contribution in [3.05, 3.63) is 48.4 Å². The lowest BCUT2D eigenvalue weighted by molar-refractivity contribution is 0.0540. The lowest BCUT2D eigenvalue weighted by Gasteiger charge is -2.14. The van der Waals surface area contributed by atoms with Crippen molar-refractivity contribution < 1.29 is 18.9 Å². The first kappa shape index (κ1) is 20.9. The zero-order chi connectivity index (χ0) is 21.6. The molecule has 0 unspecified atom stereocenters. The number of hydrogen-bond acceptors (Lipinski definition) is 7. The minimum absolute atomic E-state index is 0.401. The summed E-state index contributed by atoms with van der Waals surface area (Å²) in [4.78, 5) is 12.2. The van der Waals surface area contributed by atoms with Gasteiger partial charge in [0.25, 0.3) is 0 Å². The number of hydrogen-bond donors (Lipinski definition) is 2. The van der Waals surface area contributed by atoms with Crippen molar-refractivity contribution in [3.63, 3.8) is 0 Å². The highest BCUT2D eigenvalue weighted by Crippen LogP contribution is 2.35. The highest BCUT2D eigenvalue weighted by Gasteiger charge is 2.12. The molecule has 8 nitrogen and oxygen atoms in total. The summed E-state index contributed by atoms with van der Waals surface area (Å²) in [7, 11) is 3.26. The minimum Gasteiger partial charge on any atom is -0.493 e. The Hall–Kier alpha value is -3.36. The summed E-state index contributed by atoms with van der Waals surface area (Å²) >= 11 is 0. The molecule has 0 aliphatic rings. The van der Waals surface area contributed by atoms with Crippen molar-refractivity contribution in [3.8, 4) is 11.5 Å². The van der Waals surface area contributed by atoms with Crippen molar-refractivity contribution >= 4 is 33.3 Å². The van der Waals surface area contributed by atoms with Gasteiger partial charge in [-0.05, 0) is 37.3 Å². The Kier molecular flexibility index (Phi) is 6.49. The molecular weight excluding hydrogens is 396 g/mol. The van der Waals surface area contributed by atoms with Crippen LogP contribution in [-0.4, -0.2) is 55.6 Å². The molecule has 0 atom stereocenters. The highest BCUT2D eigenvalue weighted by atomic mass is 16.5. The maximum absolute atomic E-state index is 5.85. The normalized spacial score (nSPS) is 11.2. The molecule has 2 heterocycles. The van der Waals surface area contributed by atoms with Gasteiger partial charge in [-0.25, -0.2) is 9.97 Å². The summed E-state index contributed by atoms with van der Waals surface area (Å²) < 4.78 is 21.8. The number of anilines is 2. The molecule has 4 rings (SSSR count). The van der Waals surface area contributed by atoms with Crippen LogP contribution in [0.5, 0.6) is 11.5 Å². The topological polar surface area (TPSA) is 90.5 Å². The third kappa shape index (κ3) is 4.87. The smallest absolute Gasteiger partial charge is 0.163 e. The Morgan fingerprint density at radius 3 is 2.65 bits per heavy atom. The Morgan fingerprint density at radius 1 is 0.935 bits per heavy atom. The van der Waals surface area contributed by atoms with E-state index in [0.717, 1.165) is 33.2 Å². The van der Waals surface area contributed by atoms with Crippen LogP contribution >= 0.6 is 0 Å². The highest BCUT2D eigenvalue weighted by molar-refractivity contribution is 5.94. The number of ether oxygens (including phenoxy) is 4. The number of aromatic nitrogens is 3. The van der Waals surface area contributed by atoms with Gasteiger partial charge in [-0.3, -0.25) is 0 Å². The maximum atomic E-state index is 5.85. The fourth-order valence-electron chi connectivity index (χ4n) is 3.38. The molecular formula is C23H26N4O4. The third-order valence-electron chi connectivity index (χ3n) is 4.86. The van der Waals surface area contributed by atoms with Crippen LogP contribution in [0.3, 0.4) is 0 Å². The first-order valence-electron chi connectivity index (χ1n) is 10.1. The standard InChI is InChI=1S/C23H26N4O4/c1-15-10-16-11-17(4-5-19(16)26-15)27-23-18-12-21(29-3)22(13-20(18)24-14-25-23)31-9-8-30-7-6-28-2/h4-5,10-14,26H,6-9H2,1-3H3,(H,24,25,27). The van der Waals surface area contributed by atoms with Gasteiger partial charge in [-0.2, -0.15) is 0 Å². The Morgan fingerprint density at radius 2 is 1.81 bits per heavy atom. The quantitative estimate of drug-likeness (QED) is 0.370. The minimum atomic E-state index is 0.401. The monoisotopic (exact) mass is 422 g/mol. The Bertz CT molecular complexity index is 1180. The number of methoxy groups -OCH3 is 2. The third-order valence-corrected chi connectivity index (χ3v) is 4.86. The van der Waals surface area contributed by atoms with E-state index in [4.69, 9.17) is 18.9 Å². The number of benzene rings is 2. The van der Waals surface area contributed by atoms with Gasteiger partial charge in [0.1, 0.15) is 18.8 Å². The van der Waals surface area contributed by atoms with Crippen LogP contribution < -0.4 is 14.8 Å². The molecule has 8 heteroatoms. The number of nitrogens with one attached hydrogen (secondary N) is 2. The summed E-state index contributed by atoms with van der Waals surface area (Å²) in [5.74, 6) is 1.92. The van der Waals surface area contributed by atoms with Gasteiger partial charge >= 0.3 is 0 Å². The van der Waals surface area contributed by atoms with E-state index in [2.05, 4.69) is 38.5 Å². The molecule has 2 N–H and O–H groups in total. The zero-order valence-electron chi connectivity index (χ0n) is 17.9. The average Bonchev–Trinajstić information content (AvgIpc) is 3.15. The zero-order valence-corrected chi connectivity index (χ0v) is 17.9. The number of fused-ring (bicyclic) bond motifs is 2. The second kappa shape index (κ2) is 9.63. The molecule has 0 aliphatic carbocycles. The summed E-state index contributed by atoms with van der Waals surface area (Å²) in [5, 5.41) is 5.38. The first-order valence-corrected chi connectivity index (χ1v) is 10.1. The molecule has 0 saturated carbocycles. The van der Waals surface area contributed by atoms with Gasteiger partial charge < -0.3 is 29.2 Å². The van der Waals surface area contributed by atoms with Crippen molar-refractivity contribution in [2.45, 2.75) is 6.92 Å². The lowest BCUT2D eigenvalue weighted by Crippen LogP contribution is -2.10. The van der Waals surface area contributed by atoms with Gasteiger partial charge in [0.2, 0.25) is 0 Å². The molecule has 0 fully saturated rings. The van der Waals surface area contributed by atoms with Gasteiger partial charge in [-0.15, -0.1) is 0 Å². The number of aryl methyl sites for hydroxylation is 1. The molecule has 2 aromatic carbocycles. The van der Waals surface area contributed by atoms with Crippen LogP contribution in [0, 0.1) is 6.92 Å². The molecule has 0 bridgehead atoms. The number of H-pyrrole nitrogens is 1. The molecule has 0 amide bonds. The van der Waals surface area contributed by atoms with Gasteiger partial charge in [0, 0.05) is 40.8 Å². The lowest BCUT2D eigenvalue weighted by atomic mass is 10.2. The predicted molar refractivity (Wildman–Crippen MR) is 121 cm³/mol. The summed E-state index contributed by atoms with van der Waals surface area (Å²) in [6, 6.07) is 12.0. The van der Waals surface area contributed by atoms with Gasteiger partial charge in [-0.1, -0.05) is 0 Å². The van der Waals surface area contributed by atoms with E-state index < -0.39 is 0 Å². The molecule has 0 spiro atoms. The van der Waals surface area contributed by atoms with Crippen LogP contribution in [-0.2, 0) is 9.47 Å². The van der Waals surface area contributed by atoms with Crippen LogP contribution in [0.2, 0.25) is 0 Å².